The standard InChI is InChI=1S/C15H18N2O4/c1-3-17(4-2)14(18)9-21-11-5-6-12-10(7-11)8-13(16-12)15(19)20/h5-8,16H,3-4,9H2,1-2H3,(H,19,20). The Morgan fingerprint density at radius 1 is 1.24 bits per heavy atom. The molecule has 2 N–H and O–H groups in total. The number of nitrogens with zero attached hydrogens (tertiary/aromatic N) is 1. The first-order valence-electron chi connectivity index (χ1n) is 6.81. The lowest BCUT2D eigenvalue weighted by atomic mass is 10.2. The van der Waals surface area contributed by atoms with E-state index < -0.39 is 5.97 Å². The summed E-state index contributed by atoms with van der Waals surface area (Å²) < 4.78 is 5.48. The number of nitrogens with one attached hydrogen (secondary N) is 1. The molecule has 0 aliphatic heterocycles. The van der Waals surface area contributed by atoms with Gasteiger partial charge in [0.25, 0.3) is 5.91 Å². The number of aromatic nitrogens is 1. The summed E-state index contributed by atoms with van der Waals surface area (Å²) in [5, 5.41) is 9.67. The summed E-state index contributed by atoms with van der Waals surface area (Å²) in [4.78, 5) is 27.2. The summed E-state index contributed by atoms with van der Waals surface area (Å²) in [6.45, 7) is 5.11. The molecule has 2 aromatic rings. The molecule has 112 valence electrons. The van der Waals surface area contributed by atoms with Crippen molar-refractivity contribution in [3.8, 4) is 5.75 Å². The number of H-pyrrole nitrogens is 1. The number of amides is 1. The van der Waals surface area contributed by atoms with Crippen LogP contribution in [0.4, 0.5) is 0 Å². The number of hydrogen-bond acceptors (Lipinski definition) is 3. The first-order valence-corrected chi connectivity index (χ1v) is 6.81. The van der Waals surface area contributed by atoms with Crippen molar-refractivity contribution in [3.05, 3.63) is 30.0 Å². The molecule has 1 amide bonds. The van der Waals surface area contributed by atoms with Gasteiger partial charge in [-0.15, -0.1) is 0 Å². The molecular formula is C15H18N2O4. The van der Waals surface area contributed by atoms with Crippen LogP contribution in [0.25, 0.3) is 10.9 Å². The zero-order valence-corrected chi connectivity index (χ0v) is 12.0. The highest BCUT2D eigenvalue weighted by molar-refractivity contribution is 5.94. The van der Waals surface area contributed by atoms with Gasteiger partial charge in [0.2, 0.25) is 0 Å². The van der Waals surface area contributed by atoms with Gasteiger partial charge >= 0.3 is 5.97 Å². The van der Waals surface area contributed by atoms with Gasteiger partial charge in [-0.3, -0.25) is 4.79 Å². The monoisotopic (exact) mass is 290 g/mol. The van der Waals surface area contributed by atoms with Crippen LogP contribution in [0.3, 0.4) is 0 Å². The number of carboxylic acids is 1. The van der Waals surface area contributed by atoms with E-state index in [0.29, 0.717) is 18.8 Å². The number of ether oxygens (including phenoxy) is 1. The second-order valence-corrected chi connectivity index (χ2v) is 4.59. The van der Waals surface area contributed by atoms with Crippen molar-refractivity contribution in [2.45, 2.75) is 13.8 Å². The molecule has 6 nitrogen and oxygen atoms in total. The van der Waals surface area contributed by atoms with Crippen LogP contribution >= 0.6 is 0 Å². The first-order chi connectivity index (χ1) is 10.0. The Hall–Kier alpha value is -2.50. The van der Waals surface area contributed by atoms with Gasteiger partial charge in [0, 0.05) is 24.0 Å². The van der Waals surface area contributed by atoms with Crippen molar-refractivity contribution in [2.75, 3.05) is 19.7 Å². The minimum Gasteiger partial charge on any atom is -0.484 e. The molecule has 0 radical (unpaired) electrons. The molecule has 0 aliphatic carbocycles. The second-order valence-electron chi connectivity index (χ2n) is 4.59. The van der Waals surface area contributed by atoms with E-state index in [1.807, 2.05) is 13.8 Å². The molecule has 0 saturated heterocycles. The van der Waals surface area contributed by atoms with Gasteiger partial charge in [0.05, 0.1) is 0 Å². The van der Waals surface area contributed by atoms with Crippen molar-refractivity contribution in [3.63, 3.8) is 0 Å². The molecule has 1 aromatic carbocycles. The number of benzene rings is 1. The van der Waals surface area contributed by atoms with Crippen LogP contribution in [-0.4, -0.2) is 46.6 Å². The van der Waals surface area contributed by atoms with E-state index in [1.54, 1.807) is 23.1 Å². The third-order valence-electron chi connectivity index (χ3n) is 3.30. The maximum atomic E-state index is 11.9. The average molecular weight is 290 g/mol. The summed E-state index contributed by atoms with van der Waals surface area (Å²) in [6.07, 6.45) is 0. The molecular weight excluding hydrogens is 272 g/mol. The fourth-order valence-electron chi connectivity index (χ4n) is 2.13. The van der Waals surface area contributed by atoms with E-state index >= 15 is 0 Å². The van der Waals surface area contributed by atoms with Gasteiger partial charge in [0.15, 0.2) is 6.61 Å². The smallest absolute Gasteiger partial charge is 0.352 e. The topological polar surface area (TPSA) is 82.6 Å². The van der Waals surface area contributed by atoms with Crippen LogP contribution in [0.5, 0.6) is 5.75 Å². The molecule has 0 saturated carbocycles. The van der Waals surface area contributed by atoms with Gasteiger partial charge in [-0.1, -0.05) is 0 Å². The molecule has 0 unspecified atom stereocenters. The van der Waals surface area contributed by atoms with Crippen LogP contribution in [0.15, 0.2) is 24.3 Å². The number of likely N-dealkylation sites (N-methyl/N-ethyl adjacent to an activating group) is 1. The van der Waals surface area contributed by atoms with Crippen LogP contribution < -0.4 is 4.74 Å². The third kappa shape index (κ3) is 3.34. The van der Waals surface area contributed by atoms with Crippen molar-refractivity contribution < 1.29 is 19.4 Å². The second kappa shape index (κ2) is 6.30. The zero-order valence-electron chi connectivity index (χ0n) is 12.0. The Morgan fingerprint density at radius 2 is 1.95 bits per heavy atom. The largest absolute Gasteiger partial charge is 0.484 e. The highest BCUT2D eigenvalue weighted by atomic mass is 16.5. The first kappa shape index (κ1) is 14.9. The van der Waals surface area contributed by atoms with Crippen LogP contribution in [0.2, 0.25) is 0 Å². The minimum absolute atomic E-state index is 0.0244. The predicted molar refractivity (Wildman–Crippen MR) is 78.7 cm³/mol. The molecule has 21 heavy (non-hydrogen) atoms. The molecule has 6 heteroatoms. The molecule has 0 aliphatic rings. The fraction of sp³-hybridized carbons (Fsp3) is 0.333. The summed E-state index contributed by atoms with van der Waals surface area (Å²) in [5.74, 6) is -0.537. The highest BCUT2D eigenvalue weighted by Gasteiger charge is 2.11. The van der Waals surface area contributed by atoms with E-state index in [9.17, 15) is 9.59 Å². The maximum absolute atomic E-state index is 11.9. The average Bonchev–Trinajstić information content (AvgIpc) is 2.89. The minimum atomic E-state index is -1.01. The lowest BCUT2D eigenvalue weighted by molar-refractivity contribution is -0.132. The van der Waals surface area contributed by atoms with Crippen molar-refractivity contribution in [1.82, 2.24) is 9.88 Å². The molecule has 0 atom stereocenters. The summed E-state index contributed by atoms with van der Waals surface area (Å²) >= 11 is 0. The number of aromatic carboxylic acids is 1. The molecule has 1 heterocycles. The van der Waals surface area contributed by atoms with E-state index in [2.05, 4.69) is 4.98 Å². The normalized spacial score (nSPS) is 10.6. The van der Waals surface area contributed by atoms with Crippen LogP contribution in [-0.2, 0) is 4.79 Å². The lowest BCUT2D eigenvalue weighted by Gasteiger charge is -2.18. The van der Waals surface area contributed by atoms with Crippen LogP contribution in [0, 0.1) is 0 Å². The van der Waals surface area contributed by atoms with Crippen molar-refractivity contribution >= 4 is 22.8 Å². The Balaban J connectivity index is 2.09. The maximum Gasteiger partial charge on any atom is 0.352 e. The van der Waals surface area contributed by atoms with E-state index in [-0.39, 0.29) is 18.2 Å². The number of hydrogen-bond donors (Lipinski definition) is 2. The fourth-order valence-corrected chi connectivity index (χ4v) is 2.13. The zero-order chi connectivity index (χ0) is 15.4. The summed E-state index contributed by atoms with van der Waals surface area (Å²) in [5.41, 5.74) is 0.844. The Kier molecular flexibility index (Phi) is 4.47. The van der Waals surface area contributed by atoms with E-state index in [1.165, 1.54) is 6.07 Å². The molecule has 0 spiro atoms. The number of carbonyl (C=O) groups is 2. The van der Waals surface area contributed by atoms with Crippen LogP contribution in [0.1, 0.15) is 24.3 Å². The van der Waals surface area contributed by atoms with Crippen molar-refractivity contribution in [2.24, 2.45) is 0 Å². The van der Waals surface area contributed by atoms with Crippen molar-refractivity contribution in [1.29, 1.82) is 0 Å². The number of carbonyl (C=O) groups excluding carboxylic acids is 1. The van der Waals surface area contributed by atoms with E-state index in [0.717, 1.165) is 10.9 Å². The Morgan fingerprint density at radius 3 is 2.57 bits per heavy atom. The number of carboxylic acid groups (broad SMARTS) is 1. The SMILES string of the molecule is CCN(CC)C(=O)COc1ccc2[nH]c(C(=O)O)cc2c1. The molecule has 1 aromatic heterocycles. The number of aromatic amines is 1. The number of fused-ring (bicyclic) bond motifs is 1. The Bertz CT molecular complexity index is 659. The molecule has 0 fully saturated rings. The summed E-state index contributed by atoms with van der Waals surface area (Å²) in [7, 11) is 0. The van der Waals surface area contributed by atoms with Gasteiger partial charge in [0.1, 0.15) is 11.4 Å². The quantitative estimate of drug-likeness (QED) is 0.853. The van der Waals surface area contributed by atoms with Gasteiger partial charge in [-0.05, 0) is 38.1 Å². The highest BCUT2D eigenvalue weighted by Crippen LogP contribution is 2.21. The predicted octanol–water partition coefficient (Wildman–Crippen LogP) is 2.11. The molecule has 0 bridgehead atoms. The van der Waals surface area contributed by atoms with E-state index in [4.69, 9.17) is 9.84 Å². The number of rotatable bonds is 6. The Labute approximate surface area is 122 Å². The van der Waals surface area contributed by atoms with Gasteiger partial charge < -0.3 is 19.7 Å². The lowest BCUT2D eigenvalue weighted by Crippen LogP contribution is -2.34. The van der Waals surface area contributed by atoms with Gasteiger partial charge in [-0.25, -0.2) is 4.79 Å². The van der Waals surface area contributed by atoms with Gasteiger partial charge in [-0.2, -0.15) is 0 Å². The third-order valence-corrected chi connectivity index (χ3v) is 3.30. The summed E-state index contributed by atoms with van der Waals surface area (Å²) in [6, 6.07) is 6.70. The molecule has 2 rings (SSSR count).